The standard InChI is InChI=1S/C33H36ClNO4/c1-3-6-25-22-28(34)14-17-30(25)26-8-4-9-27(21-26)31(36)18-15-29-16-19-32(37)35(29)20-5-7-23-10-12-24(13-11-23)33(38)39-2/h4,8-15,17-18,21-22,29,31,36H,3,5-7,16,19-20H2,1-2H3/b18-15+/t29-,31?/m0/s1. The molecule has 2 atom stereocenters. The molecule has 1 heterocycles. The van der Waals surface area contributed by atoms with Crippen LogP contribution in [0.5, 0.6) is 0 Å². The third-order valence-corrected chi connectivity index (χ3v) is 7.49. The highest BCUT2D eigenvalue weighted by Crippen LogP contribution is 2.30. The fourth-order valence-corrected chi connectivity index (χ4v) is 5.37. The SMILES string of the molecule is CCCc1cc(Cl)ccc1-c1cccc(C(O)/C=C/[C@H]2CCC(=O)N2CCCc2ccc(C(=O)OC)cc2)c1. The van der Waals surface area contributed by atoms with Gasteiger partial charge in [-0.1, -0.05) is 73.5 Å². The van der Waals surface area contributed by atoms with Crippen molar-refractivity contribution in [2.75, 3.05) is 13.7 Å². The van der Waals surface area contributed by atoms with Crippen LogP contribution in [0.15, 0.2) is 78.9 Å². The molecule has 1 fully saturated rings. The maximum absolute atomic E-state index is 12.6. The number of esters is 1. The Hall–Kier alpha value is -3.41. The number of amides is 1. The smallest absolute Gasteiger partial charge is 0.337 e. The summed E-state index contributed by atoms with van der Waals surface area (Å²) >= 11 is 6.24. The average Bonchev–Trinajstić information content (AvgIpc) is 3.30. The fourth-order valence-electron chi connectivity index (χ4n) is 5.18. The molecule has 5 nitrogen and oxygen atoms in total. The number of hydrogen-bond acceptors (Lipinski definition) is 4. The van der Waals surface area contributed by atoms with E-state index in [9.17, 15) is 14.7 Å². The van der Waals surface area contributed by atoms with Gasteiger partial charge in [-0.2, -0.15) is 0 Å². The molecule has 1 aliphatic heterocycles. The van der Waals surface area contributed by atoms with Crippen molar-refractivity contribution in [2.24, 2.45) is 0 Å². The molecule has 1 saturated heterocycles. The molecule has 0 saturated carbocycles. The van der Waals surface area contributed by atoms with Crippen molar-refractivity contribution in [3.8, 4) is 11.1 Å². The lowest BCUT2D eigenvalue weighted by Gasteiger charge is -2.23. The molecule has 1 unspecified atom stereocenters. The van der Waals surface area contributed by atoms with Crippen molar-refractivity contribution in [3.05, 3.63) is 106 Å². The fraction of sp³-hybridized carbons (Fsp3) is 0.333. The predicted molar refractivity (Wildman–Crippen MR) is 156 cm³/mol. The summed E-state index contributed by atoms with van der Waals surface area (Å²) in [5.74, 6) is -0.202. The monoisotopic (exact) mass is 545 g/mol. The van der Waals surface area contributed by atoms with Crippen molar-refractivity contribution in [3.63, 3.8) is 0 Å². The van der Waals surface area contributed by atoms with Crippen LogP contribution in [-0.4, -0.2) is 41.6 Å². The zero-order valence-corrected chi connectivity index (χ0v) is 23.4. The molecular weight excluding hydrogens is 510 g/mol. The molecule has 1 aliphatic rings. The number of rotatable bonds is 11. The Bertz CT molecular complexity index is 1320. The number of nitrogens with zero attached hydrogens (tertiary/aromatic N) is 1. The molecule has 204 valence electrons. The van der Waals surface area contributed by atoms with E-state index in [1.54, 1.807) is 18.2 Å². The van der Waals surface area contributed by atoms with Crippen LogP contribution in [0.3, 0.4) is 0 Å². The number of halogens is 1. The van der Waals surface area contributed by atoms with E-state index in [0.29, 0.717) is 18.5 Å². The summed E-state index contributed by atoms with van der Waals surface area (Å²) in [4.78, 5) is 26.1. The lowest BCUT2D eigenvalue weighted by Crippen LogP contribution is -2.33. The zero-order valence-electron chi connectivity index (χ0n) is 22.6. The first-order valence-corrected chi connectivity index (χ1v) is 14.0. The minimum absolute atomic E-state index is 0.0237. The van der Waals surface area contributed by atoms with Gasteiger partial charge in [-0.3, -0.25) is 4.79 Å². The maximum atomic E-state index is 12.6. The summed E-state index contributed by atoms with van der Waals surface area (Å²) < 4.78 is 4.75. The van der Waals surface area contributed by atoms with Gasteiger partial charge in [0.2, 0.25) is 5.91 Å². The van der Waals surface area contributed by atoms with E-state index >= 15 is 0 Å². The van der Waals surface area contributed by atoms with E-state index in [4.69, 9.17) is 16.3 Å². The number of benzene rings is 3. The summed E-state index contributed by atoms with van der Waals surface area (Å²) in [5, 5.41) is 11.7. The van der Waals surface area contributed by atoms with Gasteiger partial charge in [0.15, 0.2) is 0 Å². The molecule has 3 aromatic rings. The second kappa shape index (κ2) is 13.6. The number of likely N-dealkylation sites (tertiary alicyclic amines) is 1. The number of aryl methyl sites for hydroxylation is 2. The van der Waals surface area contributed by atoms with E-state index in [0.717, 1.165) is 59.4 Å². The van der Waals surface area contributed by atoms with Crippen LogP contribution in [0.1, 0.15) is 65.8 Å². The topological polar surface area (TPSA) is 66.8 Å². The summed E-state index contributed by atoms with van der Waals surface area (Å²) in [6, 6.07) is 21.3. The third kappa shape index (κ3) is 7.37. The molecule has 0 aromatic heterocycles. The van der Waals surface area contributed by atoms with Crippen molar-refractivity contribution in [2.45, 2.75) is 57.6 Å². The van der Waals surface area contributed by atoms with Gasteiger partial charge < -0.3 is 14.7 Å². The molecule has 0 radical (unpaired) electrons. The molecule has 0 bridgehead atoms. The van der Waals surface area contributed by atoms with E-state index in [1.807, 2.05) is 59.5 Å². The van der Waals surface area contributed by atoms with Crippen LogP contribution >= 0.6 is 11.6 Å². The maximum Gasteiger partial charge on any atom is 0.337 e. The van der Waals surface area contributed by atoms with Crippen LogP contribution in [-0.2, 0) is 22.4 Å². The molecule has 39 heavy (non-hydrogen) atoms. The number of ether oxygens (including phenoxy) is 1. The largest absolute Gasteiger partial charge is 0.465 e. The number of methoxy groups -OCH3 is 1. The van der Waals surface area contributed by atoms with Crippen molar-refractivity contribution in [1.29, 1.82) is 0 Å². The van der Waals surface area contributed by atoms with E-state index in [1.165, 1.54) is 12.7 Å². The number of carbonyl (C=O) groups is 2. The van der Waals surface area contributed by atoms with Crippen LogP contribution in [0.25, 0.3) is 11.1 Å². The van der Waals surface area contributed by atoms with Gasteiger partial charge in [0, 0.05) is 18.0 Å². The molecule has 0 spiro atoms. The van der Waals surface area contributed by atoms with Gasteiger partial charge in [-0.25, -0.2) is 4.79 Å². The summed E-state index contributed by atoms with van der Waals surface area (Å²) in [6.07, 6.45) is 7.86. The number of hydrogen-bond donors (Lipinski definition) is 1. The van der Waals surface area contributed by atoms with Crippen molar-refractivity contribution < 1.29 is 19.4 Å². The Labute approximate surface area is 236 Å². The highest BCUT2D eigenvalue weighted by Gasteiger charge is 2.28. The molecule has 6 heteroatoms. The van der Waals surface area contributed by atoms with Crippen LogP contribution < -0.4 is 0 Å². The van der Waals surface area contributed by atoms with Gasteiger partial charge in [-0.05, 0) is 83.8 Å². The summed E-state index contributed by atoms with van der Waals surface area (Å²) in [5.41, 5.74) is 5.84. The Balaban J connectivity index is 1.38. The number of aliphatic hydroxyl groups is 1. The Morgan fingerprint density at radius 3 is 2.67 bits per heavy atom. The Morgan fingerprint density at radius 1 is 1.13 bits per heavy atom. The molecule has 4 rings (SSSR count). The van der Waals surface area contributed by atoms with Gasteiger partial charge in [-0.15, -0.1) is 0 Å². The first-order chi connectivity index (χ1) is 18.9. The van der Waals surface area contributed by atoms with Crippen LogP contribution in [0.4, 0.5) is 0 Å². The van der Waals surface area contributed by atoms with Gasteiger partial charge in [0.25, 0.3) is 0 Å². The second-order valence-electron chi connectivity index (χ2n) is 9.99. The lowest BCUT2D eigenvalue weighted by molar-refractivity contribution is -0.128. The lowest BCUT2D eigenvalue weighted by atomic mass is 9.94. The number of carbonyl (C=O) groups excluding carboxylic acids is 2. The third-order valence-electron chi connectivity index (χ3n) is 7.26. The summed E-state index contributed by atoms with van der Waals surface area (Å²) in [7, 11) is 1.37. The normalized spacial score (nSPS) is 16.2. The van der Waals surface area contributed by atoms with Crippen LogP contribution in [0.2, 0.25) is 5.02 Å². The number of aliphatic hydroxyl groups excluding tert-OH is 1. The molecule has 1 N–H and O–H groups in total. The van der Waals surface area contributed by atoms with Gasteiger partial charge in [0.1, 0.15) is 0 Å². The molecule has 1 amide bonds. The zero-order chi connectivity index (χ0) is 27.8. The average molecular weight is 546 g/mol. The first kappa shape index (κ1) is 28.6. The van der Waals surface area contributed by atoms with E-state index < -0.39 is 6.10 Å². The minimum atomic E-state index is -0.766. The Kier molecular flexibility index (Phi) is 9.96. The van der Waals surface area contributed by atoms with Crippen LogP contribution in [0, 0.1) is 0 Å². The molecule has 3 aromatic carbocycles. The quantitative estimate of drug-likeness (QED) is 0.209. The second-order valence-corrected chi connectivity index (χ2v) is 10.4. The van der Waals surface area contributed by atoms with E-state index in [2.05, 4.69) is 13.0 Å². The molecular formula is C33H36ClNO4. The minimum Gasteiger partial charge on any atom is -0.465 e. The van der Waals surface area contributed by atoms with Gasteiger partial charge in [0.05, 0.1) is 24.8 Å². The highest BCUT2D eigenvalue weighted by atomic mass is 35.5. The van der Waals surface area contributed by atoms with Crippen molar-refractivity contribution in [1.82, 2.24) is 4.90 Å². The van der Waals surface area contributed by atoms with Gasteiger partial charge >= 0.3 is 5.97 Å². The Morgan fingerprint density at radius 2 is 1.92 bits per heavy atom. The summed E-state index contributed by atoms with van der Waals surface area (Å²) in [6.45, 7) is 2.80. The first-order valence-electron chi connectivity index (χ1n) is 13.6. The molecule has 0 aliphatic carbocycles. The predicted octanol–water partition coefficient (Wildman–Crippen LogP) is 6.96. The van der Waals surface area contributed by atoms with E-state index in [-0.39, 0.29) is 17.9 Å². The highest BCUT2D eigenvalue weighted by molar-refractivity contribution is 6.30. The van der Waals surface area contributed by atoms with Crippen molar-refractivity contribution >= 4 is 23.5 Å².